The highest BCUT2D eigenvalue weighted by atomic mass is 32.1. The van der Waals surface area contributed by atoms with Gasteiger partial charge in [0, 0.05) is 51.6 Å². The number of aromatic nitrogens is 1. The number of carbonyl (C=O) groups is 1. The first-order chi connectivity index (χ1) is 19.0. The number of hydrogen-bond acceptors (Lipinski definition) is 5. The van der Waals surface area contributed by atoms with Gasteiger partial charge in [0.15, 0.2) is 0 Å². The molecule has 0 fully saturated rings. The minimum atomic E-state index is -0.396. The van der Waals surface area contributed by atoms with Gasteiger partial charge in [-0.25, -0.2) is 4.99 Å². The van der Waals surface area contributed by atoms with Gasteiger partial charge in [0.05, 0.1) is 10.5 Å². The zero-order valence-electron chi connectivity index (χ0n) is 23.5. The second-order valence-electron chi connectivity index (χ2n) is 11.5. The van der Waals surface area contributed by atoms with Gasteiger partial charge in [-0.3, -0.25) is 14.9 Å². The van der Waals surface area contributed by atoms with Crippen molar-refractivity contribution in [3.8, 4) is 5.69 Å². The number of nitro groups is 1. The molecule has 4 aromatic rings. The van der Waals surface area contributed by atoms with E-state index in [4.69, 9.17) is 4.99 Å². The van der Waals surface area contributed by atoms with Crippen molar-refractivity contribution in [2.45, 2.75) is 53.9 Å². The van der Waals surface area contributed by atoms with Crippen molar-refractivity contribution in [3.63, 3.8) is 0 Å². The second kappa shape index (κ2) is 10.8. The lowest BCUT2D eigenvalue weighted by Crippen LogP contribution is -2.27. The number of para-hydroxylation sites is 1. The van der Waals surface area contributed by atoms with E-state index in [1.165, 1.54) is 17.0 Å². The van der Waals surface area contributed by atoms with Crippen molar-refractivity contribution in [2.75, 3.05) is 5.32 Å². The van der Waals surface area contributed by atoms with Gasteiger partial charge in [-0.1, -0.05) is 39.0 Å². The third-order valence-electron chi connectivity index (χ3n) is 7.84. The van der Waals surface area contributed by atoms with Gasteiger partial charge >= 0.3 is 0 Å². The summed E-state index contributed by atoms with van der Waals surface area (Å²) in [7, 11) is 0. The van der Waals surface area contributed by atoms with Crippen LogP contribution in [0.25, 0.3) is 5.69 Å². The van der Waals surface area contributed by atoms with Gasteiger partial charge in [0.2, 0.25) is 0 Å². The van der Waals surface area contributed by atoms with Crippen LogP contribution in [0.2, 0.25) is 0 Å². The molecule has 1 atom stereocenters. The fraction of sp³-hybridized carbons (Fsp3) is 0.312. The number of hydrogen-bond donors (Lipinski definition) is 1. The van der Waals surface area contributed by atoms with E-state index in [0.717, 1.165) is 58.2 Å². The number of non-ortho nitro benzene ring substituents is 1. The number of fused-ring (bicyclic) bond motifs is 1. The first-order valence-corrected chi connectivity index (χ1v) is 14.3. The van der Waals surface area contributed by atoms with E-state index in [1.807, 2.05) is 56.5 Å². The van der Waals surface area contributed by atoms with Crippen molar-refractivity contribution in [1.29, 1.82) is 0 Å². The molecule has 1 amide bonds. The molecule has 5 rings (SSSR count). The van der Waals surface area contributed by atoms with E-state index in [9.17, 15) is 14.9 Å². The minimum absolute atomic E-state index is 0.0599. The highest BCUT2D eigenvalue weighted by Gasteiger charge is 2.33. The average molecular weight is 555 g/mol. The molecule has 0 bridgehead atoms. The van der Waals surface area contributed by atoms with Gasteiger partial charge < -0.3 is 9.88 Å². The van der Waals surface area contributed by atoms with Gasteiger partial charge in [-0.15, -0.1) is 11.3 Å². The molecule has 0 radical (unpaired) electrons. The Bertz CT molecular complexity index is 1590. The smallest absolute Gasteiger partial charge is 0.269 e. The molecule has 1 aliphatic rings. The van der Waals surface area contributed by atoms with Gasteiger partial charge in [-0.05, 0) is 80.3 Å². The molecule has 2 aromatic carbocycles. The Hall–Kier alpha value is -4.04. The highest BCUT2D eigenvalue weighted by molar-refractivity contribution is 7.16. The summed E-state index contributed by atoms with van der Waals surface area (Å²) in [5.74, 6) is 0.433. The molecular formula is C32H34N4O3S. The number of benzene rings is 2. The molecule has 40 heavy (non-hydrogen) atoms. The van der Waals surface area contributed by atoms with Gasteiger partial charge in [-0.2, -0.15) is 0 Å². The molecule has 0 spiro atoms. The van der Waals surface area contributed by atoms with Crippen LogP contribution in [-0.4, -0.2) is 21.6 Å². The molecule has 7 nitrogen and oxygen atoms in total. The molecule has 2 aromatic heterocycles. The summed E-state index contributed by atoms with van der Waals surface area (Å²) in [4.78, 5) is 30.5. The Morgan fingerprint density at radius 3 is 2.48 bits per heavy atom. The van der Waals surface area contributed by atoms with Crippen molar-refractivity contribution >= 4 is 39.8 Å². The van der Waals surface area contributed by atoms with Crippen LogP contribution in [0.15, 0.2) is 65.7 Å². The highest BCUT2D eigenvalue weighted by Crippen LogP contribution is 2.45. The Morgan fingerprint density at radius 2 is 1.82 bits per heavy atom. The van der Waals surface area contributed by atoms with Crippen LogP contribution < -0.4 is 5.32 Å². The summed E-state index contributed by atoms with van der Waals surface area (Å²) in [6.07, 6.45) is 4.72. The van der Waals surface area contributed by atoms with Crippen LogP contribution in [0.1, 0.15) is 64.9 Å². The molecule has 0 unspecified atom stereocenters. The maximum atomic E-state index is 13.6. The Labute approximate surface area is 238 Å². The van der Waals surface area contributed by atoms with E-state index >= 15 is 0 Å². The molecule has 0 saturated carbocycles. The number of amides is 1. The molecule has 206 valence electrons. The number of anilines is 1. The summed E-state index contributed by atoms with van der Waals surface area (Å²) in [5, 5.41) is 14.9. The number of nitro benzene ring substituents is 1. The van der Waals surface area contributed by atoms with Gasteiger partial charge in [0.1, 0.15) is 5.00 Å². The van der Waals surface area contributed by atoms with Crippen molar-refractivity contribution < 1.29 is 9.72 Å². The fourth-order valence-electron chi connectivity index (χ4n) is 5.52. The maximum Gasteiger partial charge on any atom is 0.269 e. The number of nitrogens with one attached hydrogen (secondary N) is 1. The van der Waals surface area contributed by atoms with Crippen LogP contribution in [0, 0.1) is 35.3 Å². The van der Waals surface area contributed by atoms with Gasteiger partial charge in [0.25, 0.3) is 11.6 Å². The predicted molar refractivity (Wildman–Crippen MR) is 163 cm³/mol. The van der Waals surface area contributed by atoms with E-state index in [-0.39, 0.29) is 17.0 Å². The summed E-state index contributed by atoms with van der Waals surface area (Å²) in [6.45, 7) is 10.9. The topological polar surface area (TPSA) is 89.5 Å². The zero-order chi connectivity index (χ0) is 28.6. The molecule has 8 heteroatoms. The van der Waals surface area contributed by atoms with Crippen molar-refractivity contribution in [3.05, 3.63) is 104 Å². The lowest BCUT2D eigenvalue weighted by molar-refractivity contribution is -0.384. The zero-order valence-corrected chi connectivity index (χ0v) is 24.3. The maximum absolute atomic E-state index is 13.6. The Kier molecular flexibility index (Phi) is 7.47. The van der Waals surface area contributed by atoms with E-state index < -0.39 is 4.92 Å². The van der Waals surface area contributed by atoms with E-state index in [2.05, 4.69) is 30.7 Å². The number of nitrogens with zero attached hydrogens (tertiary/aromatic N) is 3. The van der Waals surface area contributed by atoms with Crippen LogP contribution >= 0.6 is 11.3 Å². The third-order valence-corrected chi connectivity index (χ3v) is 9.00. The largest absolute Gasteiger partial charge is 0.322 e. The Morgan fingerprint density at radius 1 is 1.12 bits per heavy atom. The number of aliphatic imine (C=N–C) groups is 1. The number of aryl methyl sites for hydroxylation is 1. The summed E-state index contributed by atoms with van der Waals surface area (Å²) < 4.78 is 2.06. The van der Waals surface area contributed by atoms with Crippen LogP contribution in [-0.2, 0) is 12.8 Å². The molecular weight excluding hydrogens is 520 g/mol. The van der Waals surface area contributed by atoms with Crippen LogP contribution in [0.5, 0.6) is 0 Å². The first-order valence-electron chi connectivity index (χ1n) is 13.5. The van der Waals surface area contributed by atoms with Crippen LogP contribution in [0.3, 0.4) is 0 Å². The number of carbonyl (C=O) groups excluding carboxylic acids is 1. The summed E-state index contributed by atoms with van der Waals surface area (Å²) in [6, 6.07) is 18.1. The average Bonchev–Trinajstić information content (AvgIpc) is 3.42. The van der Waals surface area contributed by atoms with Crippen molar-refractivity contribution in [1.82, 2.24) is 4.57 Å². The fourth-order valence-corrected chi connectivity index (χ4v) is 6.79. The lowest BCUT2D eigenvalue weighted by Gasteiger charge is -2.33. The van der Waals surface area contributed by atoms with E-state index in [0.29, 0.717) is 11.5 Å². The number of thiophene rings is 1. The molecule has 0 aliphatic heterocycles. The number of rotatable bonds is 6. The Balaban J connectivity index is 1.50. The monoisotopic (exact) mass is 554 g/mol. The lowest BCUT2D eigenvalue weighted by atomic mass is 9.72. The second-order valence-corrected chi connectivity index (χ2v) is 12.6. The standard InChI is InChI=1S/C32H34N4O3S/c1-20-17-22(21(2)35(20)25-12-14-26(15-13-25)36(38)39)19-33-31-29(30(37)34-24-9-7-6-8-10-24)27-16-11-23(32(3,4)5)18-28(27)40-31/h6-10,12-15,17,19,23H,11,16,18H2,1-5H3,(H,34,37)/t23-/m0/s1. The summed E-state index contributed by atoms with van der Waals surface area (Å²) in [5.41, 5.74) is 6.58. The van der Waals surface area contributed by atoms with Crippen molar-refractivity contribution in [2.24, 2.45) is 16.3 Å². The first kappa shape index (κ1) is 27.5. The molecule has 2 heterocycles. The van der Waals surface area contributed by atoms with Crippen LogP contribution in [0.4, 0.5) is 16.4 Å². The molecule has 1 aliphatic carbocycles. The quantitative estimate of drug-likeness (QED) is 0.148. The molecule has 1 N–H and O–H groups in total. The normalized spacial score (nSPS) is 15.3. The molecule has 0 saturated heterocycles. The van der Waals surface area contributed by atoms with E-state index in [1.54, 1.807) is 23.5 Å². The summed E-state index contributed by atoms with van der Waals surface area (Å²) >= 11 is 1.63. The predicted octanol–water partition coefficient (Wildman–Crippen LogP) is 8.22. The SMILES string of the molecule is Cc1cc(C=Nc2sc3c(c2C(=O)Nc2ccccc2)CC[C@H](C(C)(C)C)C3)c(C)n1-c1ccc([N+](=O)[O-])cc1. The minimum Gasteiger partial charge on any atom is -0.322 e. The third kappa shape index (κ3) is 5.49.